The maximum atomic E-state index is 12.6. The van der Waals surface area contributed by atoms with Crippen molar-refractivity contribution < 1.29 is 22.8 Å². The third-order valence-electron chi connectivity index (χ3n) is 4.02. The maximum Gasteiger partial charge on any atom is 0.306 e. The predicted molar refractivity (Wildman–Crippen MR) is 87.7 cm³/mol. The van der Waals surface area contributed by atoms with Crippen LogP contribution in [-0.4, -0.2) is 61.4 Å². The van der Waals surface area contributed by atoms with Crippen molar-refractivity contribution in [2.45, 2.75) is 45.1 Å². The van der Waals surface area contributed by atoms with Gasteiger partial charge in [0.05, 0.1) is 6.04 Å². The Kier molecular flexibility index (Phi) is 7.15. The van der Waals surface area contributed by atoms with Crippen molar-refractivity contribution in [1.29, 1.82) is 0 Å². The Morgan fingerprint density at radius 1 is 1.38 bits per heavy atom. The highest BCUT2D eigenvalue weighted by Crippen LogP contribution is 2.21. The van der Waals surface area contributed by atoms with Gasteiger partial charge in [0.1, 0.15) is 0 Å². The molecule has 0 unspecified atom stereocenters. The first-order valence-electron chi connectivity index (χ1n) is 7.88. The molecule has 1 aliphatic rings. The standard InChI is InChI=1S/C14H26N4O5S/c1-10(14(15)21)6-7-13(20)18(24(22,23)17(2)3)11-5-4-8-16-12(19)9-11/h10-11H,4-9H2,1-3H3,(H2,15,21)(H,16,19)/t10-,11-/m0/s1. The second-order valence-corrected chi connectivity index (χ2v) is 8.19. The topological polar surface area (TPSA) is 130 Å². The number of rotatable bonds is 7. The van der Waals surface area contributed by atoms with Crippen LogP contribution in [0.25, 0.3) is 0 Å². The number of carbonyl (C=O) groups is 3. The number of carbonyl (C=O) groups excluding carboxylic acids is 3. The Morgan fingerprint density at radius 2 is 2.00 bits per heavy atom. The van der Waals surface area contributed by atoms with E-state index >= 15 is 0 Å². The molecule has 9 nitrogen and oxygen atoms in total. The van der Waals surface area contributed by atoms with Crippen LogP contribution in [0.1, 0.15) is 39.0 Å². The van der Waals surface area contributed by atoms with Gasteiger partial charge in [0, 0.05) is 39.4 Å². The van der Waals surface area contributed by atoms with Crippen molar-refractivity contribution in [1.82, 2.24) is 13.9 Å². The lowest BCUT2D eigenvalue weighted by Gasteiger charge is -2.32. The summed E-state index contributed by atoms with van der Waals surface area (Å²) in [5.74, 6) is -1.99. The van der Waals surface area contributed by atoms with E-state index in [1.807, 2.05) is 0 Å². The molecule has 0 aromatic carbocycles. The Morgan fingerprint density at radius 3 is 2.54 bits per heavy atom. The summed E-state index contributed by atoms with van der Waals surface area (Å²) in [6.45, 7) is 2.04. The third-order valence-corrected chi connectivity index (χ3v) is 5.94. The van der Waals surface area contributed by atoms with Gasteiger partial charge in [-0.2, -0.15) is 12.7 Å². The van der Waals surface area contributed by atoms with E-state index in [1.54, 1.807) is 6.92 Å². The zero-order chi connectivity index (χ0) is 18.5. The number of amides is 3. The lowest BCUT2D eigenvalue weighted by Crippen LogP contribution is -2.50. The van der Waals surface area contributed by atoms with Crippen molar-refractivity contribution in [3.8, 4) is 0 Å². The Hall–Kier alpha value is -1.68. The number of nitrogens with one attached hydrogen (secondary N) is 1. The molecule has 24 heavy (non-hydrogen) atoms. The normalized spacial score (nSPS) is 20.2. The molecule has 138 valence electrons. The minimum Gasteiger partial charge on any atom is -0.369 e. The molecule has 0 bridgehead atoms. The van der Waals surface area contributed by atoms with Gasteiger partial charge in [-0.15, -0.1) is 0 Å². The monoisotopic (exact) mass is 362 g/mol. The zero-order valence-corrected chi connectivity index (χ0v) is 15.1. The second kappa shape index (κ2) is 8.43. The Bertz CT molecular complexity index is 590. The van der Waals surface area contributed by atoms with Crippen molar-refractivity contribution in [3.05, 3.63) is 0 Å². The molecule has 1 rings (SSSR count). The van der Waals surface area contributed by atoms with Crippen LogP contribution >= 0.6 is 0 Å². The van der Waals surface area contributed by atoms with Crippen molar-refractivity contribution >= 4 is 27.9 Å². The molecule has 2 atom stereocenters. The first-order valence-corrected chi connectivity index (χ1v) is 9.27. The SMILES string of the molecule is C[C@@H](CCC(=O)N([C@H]1CCCNC(=O)C1)S(=O)(=O)N(C)C)C(N)=O. The van der Waals surface area contributed by atoms with Crippen LogP contribution in [0.4, 0.5) is 0 Å². The van der Waals surface area contributed by atoms with Gasteiger partial charge in [-0.25, -0.2) is 4.31 Å². The fourth-order valence-electron chi connectivity index (χ4n) is 2.44. The number of hydrogen-bond donors (Lipinski definition) is 2. The summed E-state index contributed by atoms with van der Waals surface area (Å²) < 4.78 is 26.9. The zero-order valence-electron chi connectivity index (χ0n) is 14.3. The van der Waals surface area contributed by atoms with Gasteiger partial charge >= 0.3 is 10.2 Å². The van der Waals surface area contributed by atoms with E-state index in [4.69, 9.17) is 5.73 Å². The van der Waals surface area contributed by atoms with Crippen LogP contribution in [0, 0.1) is 5.92 Å². The summed E-state index contributed by atoms with van der Waals surface area (Å²) >= 11 is 0. The lowest BCUT2D eigenvalue weighted by molar-refractivity contribution is -0.129. The first kappa shape index (κ1) is 20.4. The largest absolute Gasteiger partial charge is 0.369 e. The molecule has 0 aliphatic carbocycles. The predicted octanol–water partition coefficient (Wildman–Crippen LogP) is -0.808. The average molecular weight is 362 g/mol. The van der Waals surface area contributed by atoms with Crippen molar-refractivity contribution in [3.63, 3.8) is 0 Å². The van der Waals surface area contributed by atoms with E-state index in [1.165, 1.54) is 14.1 Å². The molecule has 0 aromatic rings. The summed E-state index contributed by atoms with van der Waals surface area (Å²) in [5.41, 5.74) is 5.17. The van der Waals surface area contributed by atoms with Crippen LogP contribution in [-0.2, 0) is 24.6 Å². The van der Waals surface area contributed by atoms with E-state index in [-0.39, 0.29) is 25.2 Å². The molecule has 0 radical (unpaired) electrons. The molecule has 3 N–H and O–H groups in total. The summed E-state index contributed by atoms with van der Waals surface area (Å²) in [4.78, 5) is 35.4. The molecule has 0 aromatic heterocycles. The van der Waals surface area contributed by atoms with E-state index in [2.05, 4.69) is 5.32 Å². The number of primary amides is 1. The van der Waals surface area contributed by atoms with Gasteiger partial charge in [0.15, 0.2) is 0 Å². The van der Waals surface area contributed by atoms with Crippen LogP contribution in [0.3, 0.4) is 0 Å². The Labute approximate surface area is 142 Å². The van der Waals surface area contributed by atoms with E-state index in [0.717, 1.165) is 8.61 Å². The summed E-state index contributed by atoms with van der Waals surface area (Å²) in [7, 11) is -1.36. The van der Waals surface area contributed by atoms with Gasteiger partial charge in [-0.1, -0.05) is 6.92 Å². The van der Waals surface area contributed by atoms with Gasteiger partial charge in [-0.05, 0) is 19.3 Å². The Balaban J connectivity index is 3.03. The van der Waals surface area contributed by atoms with Crippen molar-refractivity contribution in [2.24, 2.45) is 11.7 Å². The molecule has 1 aliphatic heterocycles. The van der Waals surface area contributed by atoms with Crippen LogP contribution in [0.5, 0.6) is 0 Å². The third kappa shape index (κ3) is 5.17. The molecule has 10 heteroatoms. The number of nitrogens with two attached hydrogens (primary N) is 1. The fraction of sp³-hybridized carbons (Fsp3) is 0.786. The van der Waals surface area contributed by atoms with Crippen LogP contribution < -0.4 is 11.1 Å². The molecule has 3 amide bonds. The van der Waals surface area contributed by atoms with Gasteiger partial charge in [-0.3, -0.25) is 14.4 Å². The molecular weight excluding hydrogens is 336 g/mol. The highest BCUT2D eigenvalue weighted by Gasteiger charge is 2.37. The lowest BCUT2D eigenvalue weighted by atomic mass is 10.0. The van der Waals surface area contributed by atoms with E-state index in [9.17, 15) is 22.8 Å². The minimum absolute atomic E-state index is 0.0653. The highest BCUT2D eigenvalue weighted by molar-refractivity contribution is 7.87. The van der Waals surface area contributed by atoms with Gasteiger partial charge < -0.3 is 11.1 Å². The van der Waals surface area contributed by atoms with E-state index in [0.29, 0.717) is 19.4 Å². The second-order valence-electron chi connectivity index (χ2n) is 6.17. The smallest absolute Gasteiger partial charge is 0.306 e. The molecule has 0 saturated carbocycles. The van der Waals surface area contributed by atoms with Crippen LogP contribution in [0.2, 0.25) is 0 Å². The first-order chi connectivity index (χ1) is 11.1. The van der Waals surface area contributed by atoms with Gasteiger partial charge in [0.2, 0.25) is 17.7 Å². The molecule has 0 spiro atoms. The number of hydrogen-bond acceptors (Lipinski definition) is 5. The van der Waals surface area contributed by atoms with E-state index < -0.39 is 34.0 Å². The summed E-state index contributed by atoms with van der Waals surface area (Å²) in [6.07, 6.45) is 0.954. The highest BCUT2D eigenvalue weighted by atomic mass is 32.2. The minimum atomic E-state index is -4.02. The maximum absolute atomic E-state index is 12.6. The molecule has 1 saturated heterocycles. The van der Waals surface area contributed by atoms with Crippen molar-refractivity contribution in [2.75, 3.05) is 20.6 Å². The number of nitrogens with zero attached hydrogens (tertiary/aromatic N) is 2. The van der Waals surface area contributed by atoms with Crippen LogP contribution in [0.15, 0.2) is 0 Å². The van der Waals surface area contributed by atoms with Gasteiger partial charge in [0.25, 0.3) is 0 Å². The molecule has 1 heterocycles. The fourth-order valence-corrected chi connectivity index (χ4v) is 3.70. The summed E-state index contributed by atoms with van der Waals surface area (Å²) in [5, 5.41) is 2.67. The quantitative estimate of drug-likeness (QED) is 0.612. The average Bonchev–Trinajstić information content (AvgIpc) is 2.68. The molecular formula is C14H26N4O5S. The molecule has 1 fully saturated rings. The summed E-state index contributed by atoms with van der Waals surface area (Å²) in [6, 6.07) is -0.726.